The van der Waals surface area contributed by atoms with Crippen molar-refractivity contribution in [1.29, 1.82) is 0 Å². The highest BCUT2D eigenvalue weighted by molar-refractivity contribution is 7.89. The van der Waals surface area contributed by atoms with Gasteiger partial charge in [0.05, 0.1) is 11.4 Å². The lowest BCUT2D eigenvalue weighted by Crippen LogP contribution is -2.37. The molecule has 0 aliphatic heterocycles. The third-order valence-electron chi connectivity index (χ3n) is 5.23. The van der Waals surface area contributed by atoms with Gasteiger partial charge in [0.25, 0.3) is 0 Å². The smallest absolute Gasteiger partial charge is 0.243 e. The summed E-state index contributed by atoms with van der Waals surface area (Å²) in [6.45, 7) is 5.53. The maximum Gasteiger partial charge on any atom is 0.243 e. The molecule has 0 heterocycles. The maximum absolute atomic E-state index is 13.4. The molecule has 3 rings (SSSR count). The van der Waals surface area contributed by atoms with Gasteiger partial charge >= 0.3 is 0 Å². The molecule has 0 bridgehead atoms. The molecule has 7 heteroatoms. The van der Waals surface area contributed by atoms with Crippen LogP contribution in [0, 0.1) is 13.8 Å². The Labute approximate surface area is 195 Å². The van der Waals surface area contributed by atoms with Crippen molar-refractivity contribution in [1.82, 2.24) is 4.31 Å². The van der Waals surface area contributed by atoms with Crippen molar-refractivity contribution in [2.24, 2.45) is 0 Å². The van der Waals surface area contributed by atoms with Crippen LogP contribution in [0.2, 0.25) is 5.02 Å². The van der Waals surface area contributed by atoms with Crippen LogP contribution in [0.4, 0.5) is 5.69 Å². The molecular weight excluding hydrogens is 444 g/mol. The number of hydrogen-bond donors (Lipinski definition) is 1. The molecule has 0 unspecified atom stereocenters. The van der Waals surface area contributed by atoms with Crippen LogP contribution < -0.4 is 5.32 Å². The standard InChI is InChI=1S/C25H27ClN2O3S/c1-4-21-9-5-7-19(3)25(21)27-24(29)17-28(16-20-8-6-10-22(26)15-20)32(30,31)23-13-11-18(2)12-14-23/h5-15H,4,16-17H2,1-3H3,(H,27,29). The van der Waals surface area contributed by atoms with E-state index in [1.807, 2.05) is 39.0 Å². The van der Waals surface area contributed by atoms with Gasteiger partial charge < -0.3 is 5.32 Å². The van der Waals surface area contributed by atoms with Gasteiger partial charge in [-0.05, 0) is 61.2 Å². The van der Waals surface area contributed by atoms with Crippen LogP contribution in [0.5, 0.6) is 0 Å². The predicted octanol–water partition coefficient (Wildman–Crippen LogP) is 5.35. The Morgan fingerprint density at radius 2 is 1.69 bits per heavy atom. The van der Waals surface area contributed by atoms with E-state index < -0.39 is 15.9 Å². The van der Waals surface area contributed by atoms with Crippen LogP contribution in [0.1, 0.15) is 29.2 Å². The van der Waals surface area contributed by atoms with Gasteiger partial charge in [-0.2, -0.15) is 4.31 Å². The second kappa shape index (κ2) is 10.3. The molecule has 3 aromatic rings. The fourth-order valence-electron chi connectivity index (χ4n) is 3.47. The molecule has 3 aromatic carbocycles. The number of nitrogens with one attached hydrogen (secondary N) is 1. The van der Waals surface area contributed by atoms with Gasteiger partial charge in [-0.1, -0.05) is 66.6 Å². The zero-order valence-electron chi connectivity index (χ0n) is 18.4. The van der Waals surface area contributed by atoms with Crippen molar-refractivity contribution in [3.05, 3.63) is 94.0 Å². The number of aryl methyl sites for hydroxylation is 3. The Hall–Kier alpha value is -2.67. The molecule has 32 heavy (non-hydrogen) atoms. The van der Waals surface area contributed by atoms with Gasteiger partial charge in [0.1, 0.15) is 0 Å². The molecule has 0 aliphatic carbocycles. The third-order valence-corrected chi connectivity index (χ3v) is 7.27. The molecule has 5 nitrogen and oxygen atoms in total. The number of nitrogens with zero attached hydrogens (tertiary/aromatic N) is 1. The molecule has 0 aliphatic rings. The number of amides is 1. The fourth-order valence-corrected chi connectivity index (χ4v) is 5.06. The van der Waals surface area contributed by atoms with Gasteiger partial charge in [-0.15, -0.1) is 0 Å². The highest BCUT2D eigenvalue weighted by Crippen LogP contribution is 2.23. The Morgan fingerprint density at radius 3 is 2.34 bits per heavy atom. The minimum absolute atomic E-state index is 0.0264. The molecular formula is C25H27ClN2O3S. The summed E-state index contributed by atoms with van der Waals surface area (Å²) in [4.78, 5) is 13.1. The van der Waals surface area contributed by atoms with Gasteiger partial charge in [0.15, 0.2) is 0 Å². The van der Waals surface area contributed by atoms with Gasteiger partial charge in [-0.25, -0.2) is 8.42 Å². The Bertz CT molecular complexity index is 1210. The summed E-state index contributed by atoms with van der Waals surface area (Å²) in [6, 6.07) is 19.4. The highest BCUT2D eigenvalue weighted by atomic mass is 35.5. The molecule has 0 fully saturated rings. The zero-order chi connectivity index (χ0) is 23.3. The lowest BCUT2D eigenvalue weighted by Gasteiger charge is -2.23. The van der Waals surface area contributed by atoms with Crippen LogP contribution in [-0.4, -0.2) is 25.2 Å². The van der Waals surface area contributed by atoms with E-state index in [9.17, 15) is 13.2 Å². The normalized spacial score (nSPS) is 11.5. The first kappa shape index (κ1) is 24.0. The van der Waals surface area contributed by atoms with Crippen molar-refractivity contribution in [2.45, 2.75) is 38.6 Å². The summed E-state index contributed by atoms with van der Waals surface area (Å²) in [5, 5.41) is 3.43. The number of halogens is 1. The van der Waals surface area contributed by atoms with E-state index >= 15 is 0 Å². The Kier molecular flexibility index (Phi) is 7.72. The second-order valence-corrected chi connectivity index (χ2v) is 10.1. The summed E-state index contributed by atoms with van der Waals surface area (Å²) < 4.78 is 28.0. The van der Waals surface area contributed by atoms with Crippen LogP contribution in [0.3, 0.4) is 0 Å². The second-order valence-electron chi connectivity index (χ2n) is 7.73. The molecule has 0 aromatic heterocycles. The maximum atomic E-state index is 13.4. The minimum Gasteiger partial charge on any atom is -0.324 e. The lowest BCUT2D eigenvalue weighted by atomic mass is 10.1. The average Bonchev–Trinajstić information content (AvgIpc) is 2.75. The van der Waals surface area contributed by atoms with E-state index in [2.05, 4.69) is 5.32 Å². The number of hydrogen-bond acceptors (Lipinski definition) is 3. The highest BCUT2D eigenvalue weighted by Gasteiger charge is 2.27. The van der Waals surface area contributed by atoms with E-state index in [-0.39, 0.29) is 18.0 Å². The molecule has 168 valence electrons. The largest absolute Gasteiger partial charge is 0.324 e. The first-order valence-corrected chi connectivity index (χ1v) is 12.2. The monoisotopic (exact) mass is 470 g/mol. The van der Waals surface area contributed by atoms with Gasteiger partial charge in [0, 0.05) is 17.3 Å². The number of anilines is 1. The number of sulfonamides is 1. The van der Waals surface area contributed by atoms with E-state index in [4.69, 9.17) is 11.6 Å². The van der Waals surface area contributed by atoms with E-state index in [1.165, 1.54) is 4.31 Å². The van der Waals surface area contributed by atoms with Crippen molar-refractivity contribution in [2.75, 3.05) is 11.9 Å². The summed E-state index contributed by atoms with van der Waals surface area (Å²) >= 11 is 6.09. The van der Waals surface area contributed by atoms with Gasteiger partial charge in [-0.3, -0.25) is 4.79 Å². The fraction of sp³-hybridized carbons (Fsp3) is 0.240. The molecule has 0 radical (unpaired) electrons. The minimum atomic E-state index is -3.91. The summed E-state index contributed by atoms with van der Waals surface area (Å²) in [5.74, 6) is -0.397. The third kappa shape index (κ3) is 5.76. The number of carbonyl (C=O) groups excluding carboxylic acids is 1. The first-order chi connectivity index (χ1) is 15.2. The van der Waals surface area contributed by atoms with E-state index in [1.54, 1.807) is 48.5 Å². The number of carbonyl (C=O) groups is 1. The molecule has 0 saturated carbocycles. The molecule has 0 saturated heterocycles. The summed E-state index contributed by atoms with van der Waals surface area (Å²) in [6.07, 6.45) is 0.755. The van der Waals surface area contributed by atoms with Crippen LogP contribution in [-0.2, 0) is 27.8 Å². The first-order valence-electron chi connectivity index (χ1n) is 10.4. The topological polar surface area (TPSA) is 66.5 Å². The van der Waals surface area contributed by atoms with Crippen molar-refractivity contribution in [3.8, 4) is 0 Å². The Morgan fingerprint density at radius 1 is 1.00 bits per heavy atom. The van der Waals surface area contributed by atoms with E-state index in [0.717, 1.165) is 28.8 Å². The zero-order valence-corrected chi connectivity index (χ0v) is 20.0. The van der Waals surface area contributed by atoms with Crippen LogP contribution in [0.15, 0.2) is 71.6 Å². The lowest BCUT2D eigenvalue weighted by molar-refractivity contribution is -0.116. The molecule has 0 spiro atoms. The number of benzene rings is 3. The van der Waals surface area contributed by atoms with Gasteiger partial charge in [0.2, 0.25) is 15.9 Å². The predicted molar refractivity (Wildman–Crippen MR) is 129 cm³/mol. The van der Waals surface area contributed by atoms with E-state index in [0.29, 0.717) is 10.6 Å². The SMILES string of the molecule is CCc1cccc(C)c1NC(=O)CN(Cc1cccc(Cl)c1)S(=O)(=O)c1ccc(C)cc1. The molecule has 1 amide bonds. The van der Waals surface area contributed by atoms with Crippen molar-refractivity contribution < 1.29 is 13.2 Å². The van der Waals surface area contributed by atoms with Crippen LogP contribution in [0.25, 0.3) is 0 Å². The quantitative estimate of drug-likeness (QED) is 0.482. The molecule has 0 atom stereocenters. The van der Waals surface area contributed by atoms with Crippen LogP contribution >= 0.6 is 11.6 Å². The average molecular weight is 471 g/mol. The molecule has 1 N–H and O–H groups in total. The summed E-state index contributed by atoms with van der Waals surface area (Å²) in [5.41, 5.74) is 4.32. The Balaban J connectivity index is 1.92. The van der Waals surface area contributed by atoms with Crippen molar-refractivity contribution >= 4 is 33.2 Å². The summed E-state index contributed by atoms with van der Waals surface area (Å²) in [7, 11) is -3.91. The van der Waals surface area contributed by atoms with Crippen molar-refractivity contribution in [3.63, 3.8) is 0 Å². The number of para-hydroxylation sites is 1. The number of rotatable bonds is 8.